The van der Waals surface area contributed by atoms with Crippen LogP contribution in [0.4, 0.5) is 5.69 Å². The molecule has 4 N–H and O–H groups in total. The van der Waals surface area contributed by atoms with E-state index in [2.05, 4.69) is 34.9 Å². The van der Waals surface area contributed by atoms with Crippen molar-refractivity contribution in [3.63, 3.8) is 0 Å². The smallest absolute Gasteiger partial charge is 0.208 e. The van der Waals surface area contributed by atoms with Crippen molar-refractivity contribution in [3.8, 4) is 0 Å². The van der Waals surface area contributed by atoms with Crippen molar-refractivity contribution in [1.29, 1.82) is 0 Å². The second-order valence-electron chi connectivity index (χ2n) is 5.19. The summed E-state index contributed by atoms with van der Waals surface area (Å²) >= 11 is 0. The molecule has 0 aliphatic carbocycles. The fourth-order valence-corrected chi connectivity index (χ4v) is 2.21. The Hall–Kier alpha value is -1.60. The second-order valence-corrected chi connectivity index (χ2v) is 7.03. The zero-order valence-corrected chi connectivity index (χ0v) is 13.6. The maximum absolute atomic E-state index is 10.9. The Labute approximate surface area is 126 Å². The first-order valence-corrected chi connectivity index (χ1v) is 8.78. The first kappa shape index (κ1) is 17.5. The monoisotopic (exact) mass is 312 g/mol. The minimum Gasteiger partial charge on any atom is -0.370 e. The molecule has 0 aromatic heterocycles. The summed E-state index contributed by atoms with van der Waals surface area (Å²) in [4.78, 5) is 4.16. The second kappa shape index (κ2) is 7.99. The maximum atomic E-state index is 10.9. The van der Waals surface area contributed by atoms with E-state index in [0.29, 0.717) is 31.4 Å². The van der Waals surface area contributed by atoms with Crippen LogP contribution in [0.5, 0.6) is 0 Å². The number of rotatable bonds is 7. The standard InChI is InChI=1S/C14H24N4O2S/c1-11(2)12-6-4-7-13(10-12)18-14(15)16-8-5-9-17-21(3,19)20/h4,6-7,10-11,17H,5,8-9H2,1-3H3,(H3,15,16,18). The van der Waals surface area contributed by atoms with Gasteiger partial charge in [-0.15, -0.1) is 0 Å². The highest BCUT2D eigenvalue weighted by Crippen LogP contribution is 2.18. The molecular formula is C14H24N4O2S. The van der Waals surface area contributed by atoms with Gasteiger partial charge in [-0.3, -0.25) is 4.99 Å². The molecule has 0 unspecified atom stereocenters. The largest absolute Gasteiger partial charge is 0.370 e. The summed E-state index contributed by atoms with van der Waals surface area (Å²) in [7, 11) is -3.13. The van der Waals surface area contributed by atoms with Crippen LogP contribution in [0.25, 0.3) is 0 Å². The summed E-state index contributed by atoms with van der Waals surface area (Å²) in [5.74, 6) is 0.780. The maximum Gasteiger partial charge on any atom is 0.208 e. The number of nitrogens with one attached hydrogen (secondary N) is 2. The molecule has 0 spiro atoms. The average Bonchev–Trinajstić information content (AvgIpc) is 2.37. The fraction of sp³-hybridized carbons (Fsp3) is 0.500. The van der Waals surface area contributed by atoms with Crippen molar-refractivity contribution >= 4 is 21.7 Å². The highest BCUT2D eigenvalue weighted by atomic mass is 32.2. The summed E-state index contributed by atoms with van der Waals surface area (Å²) in [5.41, 5.74) is 7.93. The Bertz CT molecular complexity index is 582. The van der Waals surface area contributed by atoms with Gasteiger partial charge in [0.15, 0.2) is 5.96 Å². The molecule has 0 bridgehead atoms. The van der Waals surface area contributed by atoms with Crippen molar-refractivity contribution < 1.29 is 8.42 Å². The van der Waals surface area contributed by atoms with Crippen LogP contribution in [0.3, 0.4) is 0 Å². The Morgan fingerprint density at radius 2 is 2.10 bits per heavy atom. The minimum atomic E-state index is -3.13. The molecule has 1 aromatic rings. The third-order valence-electron chi connectivity index (χ3n) is 2.81. The third kappa shape index (κ3) is 7.67. The van der Waals surface area contributed by atoms with E-state index in [-0.39, 0.29) is 0 Å². The van der Waals surface area contributed by atoms with Gasteiger partial charge in [0.1, 0.15) is 0 Å². The number of benzene rings is 1. The Kier molecular flexibility index (Phi) is 6.64. The van der Waals surface area contributed by atoms with Crippen LogP contribution in [-0.2, 0) is 10.0 Å². The molecule has 0 saturated carbocycles. The normalized spacial score (nSPS) is 12.7. The molecule has 1 aromatic carbocycles. The van der Waals surface area contributed by atoms with Crippen molar-refractivity contribution in [2.45, 2.75) is 26.2 Å². The molecular weight excluding hydrogens is 288 g/mol. The summed E-state index contributed by atoms with van der Waals surface area (Å²) in [6, 6.07) is 8.01. The highest BCUT2D eigenvalue weighted by molar-refractivity contribution is 7.88. The van der Waals surface area contributed by atoms with Crippen LogP contribution >= 0.6 is 0 Å². The molecule has 118 valence electrons. The van der Waals surface area contributed by atoms with Gasteiger partial charge in [-0.1, -0.05) is 26.0 Å². The molecule has 0 saturated heterocycles. The number of nitrogens with two attached hydrogens (primary N) is 1. The molecule has 6 nitrogen and oxygen atoms in total. The van der Waals surface area contributed by atoms with Gasteiger partial charge >= 0.3 is 0 Å². The number of guanidine groups is 1. The predicted octanol–water partition coefficient (Wildman–Crippen LogP) is 1.48. The van der Waals surface area contributed by atoms with E-state index in [1.54, 1.807) is 0 Å². The van der Waals surface area contributed by atoms with Crippen LogP contribution in [0.15, 0.2) is 29.3 Å². The van der Waals surface area contributed by atoms with Gasteiger partial charge in [0, 0.05) is 18.8 Å². The lowest BCUT2D eigenvalue weighted by atomic mass is 10.0. The van der Waals surface area contributed by atoms with Gasteiger partial charge in [-0.25, -0.2) is 13.1 Å². The minimum absolute atomic E-state index is 0.329. The van der Waals surface area contributed by atoms with Crippen LogP contribution in [0.1, 0.15) is 31.7 Å². The lowest BCUT2D eigenvalue weighted by Crippen LogP contribution is -2.25. The Morgan fingerprint density at radius 3 is 2.71 bits per heavy atom. The molecule has 1 rings (SSSR count). The number of sulfonamides is 1. The summed E-state index contributed by atoms with van der Waals surface area (Å²) in [6.45, 7) is 5.08. The van der Waals surface area contributed by atoms with E-state index in [4.69, 9.17) is 5.73 Å². The van der Waals surface area contributed by atoms with E-state index in [9.17, 15) is 8.42 Å². The predicted molar refractivity (Wildman–Crippen MR) is 88.1 cm³/mol. The van der Waals surface area contributed by atoms with Crippen LogP contribution in [0.2, 0.25) is 0 Å². The van der Waals surface area contributed by atoms with Crippen molar-refractivity contribution in [2.75, 3.05) is 24.7 Å². The summed E-state index contributed by atoms with van der Waals surface area (Å²) < 4.78 is 24.2. The molecule has 0 amide bonds. The van der Waals surface area contributed by atoms with Crippen LogP contribution in [-0.4, -0.2) is 33.7 Å². The molecule has 0 aliphatic heterocycles. The third-order valence-corrected chi connectivity index (χ3v) is 3.54. The number of aliphatic imine (C=N–C) groups is 1. The Morgan fingerprint density at radius 1 is 1.38 bits per heavy atom. The fourth-order valence-electron chi connectivity index (χ4n) is 1.70. The number of hydrogen-bond donors (Lipinski definition) is 3. The van der Waals surface area contributed by atoms with Gasteiger partial charge in [-0.2, -0.15) is 0 Å². The van der Waals surface area contributed by atoms with E-state index in [1.807, 2.05) is 18.2 Å². The van der Waals surface area contributed by atoms with Gasteiger partial charge in [-0.05, 0) is 30.0 Å². The van der Waals surface area contributed by atoms with Gasteiger partial charge in [0.2, 0.25) is 10.0 Å². The highest BCUT2D eigenvalue weighted by Gasteiger charge is 2.01. The summed E-state index contributed by atoms with van der Waals surface area (Å²) in [6.07, 6.45) is 1.73. The first-order valence-electron chi connectivity index (χ1n) is 6.89. The molecule has 0 fully saturated rings. The summed E-state index contributed by atoms with van der Waals surface area (Å²) in [5, 5.41) is 3.03. The number of anilines is 1. The van der Waals surface area contributed by atoms with Gasteiger partial charge in [0.25, 0.3) is 0 Å². The lowest BCUT2D eigenvalue weighted by molar-refractivity contribution is 0.586. The number of hydrogen-bond acceptors (Lipinski definition) is 3. The molecule has 0 heterocycles. The SMILES string of the molecule is CC(C)c1cccc(NC(N)=NCCCNS(C)(=O)=O)c1. The van der Waals surface area contributed by atoms with Crippen molar-refractivity contribution in [2.24, 2.45) is 10.7 Å². The van der Waals surface area contributed by atoms with E-state index in [1.165, 1.54) is 5.56 Å². The van der Waals surface area contributed by atoms with E-state index in [0.717, 1.165) is 11.9 Å². The zero-order chi connectivity index (χ0) is 15.9. The molecule has 0 radical (unpaired) electrons. The first-order chi connectivity index (χ1) is 9.78. The molecule has 21 heavy (non-hydrogen) atoms. The number of nitrogens with zero attached hydrogens (tertiary/aromatic N) is 1. The van der Waals surface area contributed by atoms with Gasteiger partial charge in [0.05, 0.1) is 6.26 Å². The Balaban J connectivity index is 2.43. The van der Waals surface area contributed by atoms with Crippen LogP contribution in [0, 0.1) is 0 Å². The van der Waals surface area contributed by atoms with E-state index >= 15 is 0 Å². The lowest BCUT2D eigenvalue weighted by Gasteiger charge is -2.10. The topological polar surface area (TPSA) is 96.6 Å². The zero-order valence-electron chi connectivity index (χ0n) is 12.8. The van der Waals surface area contributed by atoms with Crippen LogP contribution < -0.4 is 15.8 Å². The van der Waals surface area contributed by atoms with E-state index < -0.39 is 10.0 Å². The molecule has 0 aliphatic rings. The molecule has 7 heteroatoms. The van der Waals surface area contributed by atoms with Crippen molar-refractivity contribution in [3.05, 3.63) is 29.8 Å². The quantitative estimate of drug-likeness (QED) is 0.403. The van der Waals surface area contributed by atoms with Crippen molar-refractivity contribution in [1.82, 2.24) is 4.72 Å². The average molecular weight is 312 g/mol. The molecule has 0 atom stereocenters. The van der Waals surface area contributed by atoms with Gasteiger partial charge < -0.3 is 11.1 Å².